The van der Waals surface area contributed by atoms with E-state index in [2.05, 4.69) is 35.4 Å². The van der Waals surface area contributed by atoms with E-state index in [4.69, 9.17) is 5.73 Å². The molecule has 4 heterocycles. The topological polar surface area (TPSA) is 101 Å². The molecule has 2 aliphatic rings. The number of nitrogens with zero attached hydrogens (tertiary/aromatic N) is 7. The summed E-state index contributed by atoms with van der Waals surface area (Å²) in [7, 11) is 0. The van der Waals surface area contributed by atoms with Gasteiger partial charge in [0.1, 0.15) is 5.82 Å². The Bertz CT molecular complexity index is 1340. The third-order valence-corrected chi connectivity index (χ3v) is 7.24. The maximum atomic E-state index is 15.1. The molecule has 0 aliphatic carbocycles. The summed E-state index contributed by atoms with van der Waals surface area (Å²) in [6.07, 6.45) is 4.76. The Morgan fingerprint density at radius 2 is 1.68 bits per heavy atom. The van der Waals surface area contributed by atoms with Gasteiger partial charge in [-0.3, -0.25) is 0 Å². The summed E-state index contributed by atoms with van der Waals surface area (Å²) in [6, 6.07) is 19.2. The Hall–Kier alpha value is -4.05. The first-order valence-electron chi connectivity index (χ1n) is 12.8. The predicted molar refractivity (Wildman–Crippen MR) is 143 cm³/mol. The van der Waals surface area contributed by atoms with E-state index >= 15 is 4.39 Å². The highest BCUT2D eigenvalue weighted by Crippen LogP contribution is 2.29. The second kappa shape index (κ2) is 10.1. The molecule has 0 unspecified atom stereocenters. The van der Waals surface area contributed by atoms with Crippen molar-refractivity contribution in [3.8, 4) is 17.1 Å². The van der Waals surface area contributed by atoms with E-state index in [1.807, 2.05) is 48.5 Å². The molecule has 0 amide bonds. The molecular weight excluding hydrogens is 469 g/mol. The van der Waals surface area contributed by atoms with Crippen molar-refractivity contribution in [2.24, 2.45) is 0 Å². The Labute approximate surface area is 215 Å². The Kier molecular flexibility index (Phi) is 6.40. The normalized spacial score (nSPS) is 16.8. The largest absolute Gasteiger partial charge is 0.369 e. The number of hydrogen-bond donors (Lipinski definition) is 2. The molecule has 9 nitrogen and oxygen atoms in total. The second-order valence-electron chi connectivity index (χ2n) is 9.60. The molecule has 2 aliphatic heterocycles. The Balaban J connectivity index is 1.12. The molecule has 2 aromatic heterocycles. The van der Waals surface area contributed by atoms with Crippen LogP contribution in [0, 0.1) is 5.82 Å². The minimum atomic E-state index is -0.264. The first-order valence-corrected chi connectivity index (χ1v) is 12.8. The number of rotatable bonds is 6. The average Bonchev–Trinajstić information content (AvgIpc) is 3.60. The van der Waals surface area contributed by atoms with Gasteiger partial charge in [0, 0.05) is 30.4 Å². The van der Waals surface area contributed by atoms with Crippen LogP contribution >= 0.6 is 0 Å². The summed E-state index contributed by atoms with van der Waals surface area (Å²) in [5.41, 5.74) is 8.99. The molecule has 6 rings (SSSR count). The van der Waals surface area contributed by atoms with E-state index in [0.29, 0.717) is 23.2 Å². The fourth-order valence-electron chi connectivity index (χ4n) is 5.30. The molecule has 10 heteroatoms. The number of nitrogen functional groups attached to an aromatic ring is 1. The van der Waals surface area contributed by atoms with Crippen molar-refractivity contribution >= 4 is 23.3 Å². The zero-order valence-corrected chi connectivity index (χ0v) is 20.6. The lowest BCUT2D eigenvalue weighted by atomic mass is 10.0. The minimum absolute atomic E-state index is 0.155. The zero-order chi connectivity index (χ0) is 25.2. The molecule has 4 aromatic rings. The van der Waals surface area contributed by atoms with Crippen molar-refractivity contribution in [1.29, 1.82) is 0 Å². The van der Waals surface area contributed by atoms with Crippen LogP contribution in [0.1, 0.15) is 25.7 Å². The molecule has 2 fully saturated rings. The number of hydrogen-bond acceptors (Lipinski definition) is 8. The van der Waals surface area contributed by atoms with Crippen LogP contribution in [-0.2, 0) is 0 Å². The van der Waals surface area contributed by atoms with Gasteiger partial charge in [-0.15, -0.1) is 15.3 Å². The minimum Gasteiger partial charge on any atom is -0.369 e. The molecule has 0 atom stereocenters. The van der Waals surface area contributed by atoms with Gasteiger partial charge >= 0.3 is 0 Å². The van der Waals surface area contributed by atoms with Crippen molar-refractivity contribution in [1.82, 2.24) is 29.9 Å². The van der Waals surface area contributed by atoms with Crippen LogP contribution in [-0.4, -0.2) is 62.1 Å². The van der Waals surface area contributed by atoms with Gasteiger partial charge in [0.15, 0.2) is 5.82 Å². The van der Waals surface area contributed by atoms with Crippen LogP contribution < -0.4 is 16.0 Å². The fourth-order valence-corrected chi connectivity index (χ4v) is 5.30. The van der Waals surface area contributed by atoms with Crippen LogP contribution in [0.15, 0.2) is 60.7 Å². The van der Waals surface area contributed by atoms with Gasteiger partial charge in [0.2, 0.25) is 11.9 Å². The van der Waals surface area contributed by atoms with Gasteiger partial charge in [0.05, 0.1) is 11.4 Å². The van der Waals surface area contributed by atoms with Crippen LogP contribution in [0.5, 0.6) is 0 Å². The smallest absolute Gasteiger partial charge is 0.248 e. The molecular formula is C27H30FN9. The number of anilines is 4. The highest BCUT2D eigenvalue weighted by Gasteiger charge is 2.27. The highest BCUT2D eigenvalue weighted by molar-refractivity contribution is 5.61. The van der Waals surface area contributed by atoms with Crippen molar-refractivity contribution in [2.75, 3.05) is 42.1 Å². The quantitative estimate of drug-likeness (QED) is 0.406. The van der Waals surface area contributed by atoms with Crippen LogP contribution in [0.4, 0.5) is 27.7 Å². The second-order valence-corrected chi connectivity index (χ2v) is 9.60. The van der Waals surface area contributed by atoms with Crippen molar-refractivity contribution in [2.45, 2.75) is 31.7 Å². The van der Waals surface area contributed by atoms with E-state index in [0.717, 1.165) is 37.2 Å². The van der Waals surface area contributed by atoms with E-state index in [-0.39, 0.29) is 17.7 Å². The molecule has 2 saturated heterocycles. The Morgan fingerprint density at radius 3 is 2.38 bits per heavy atom. The monoisotopic (exact) mass is 499 g/mol. The molecule has 0 bridgehead atoms. The number of nitrogens with two attached hydrogens (primary N) is 1. The molecule has 0 radical (unpaired) electrons. The molecule has 0 spiro atoms. The summed E-state index contributed by atoms with van der Waals surface area (Å²) in [6.45, 7) is 4.16. The van der Waals surface area contributed by atoms with Crippen molar-refractivity contribution in [3.63, 3.8) is 0 Å². The molecule has 2 aromatic carbocycles. The van der Waals surface area contributed by atoms with Crippen molar-refractivity contribution in [3.05, 3.63) is 66.5 Å². The first-order chi connectivity index (χ1) is 18.1. The van der Waals surface area contributed by atoms with Gasteiger partial charge in [-0.25, -0.2) is 4.39 Å². The van der Waals surface area contributed by atoms with Gasteiger partial charge in [-0.05, 0) is 69.1 Å². The van der Waals surface area contributed by atoms with E-state index in [9.17, 15) is 0 Å². The van der Waals surface area contributed by atoms with Crippen LogP contribution in [0.3, 0.4) is 0 Å². The lowest BCUT2D eigenvalue weighted by Crippen LogP contribution is -2.44. The van der Waals surface area contributed by atoms with E-state index < -0.39 is 0 Å². The molecule has 3 N–H and O–H groups in total. The van der Waals surface area contributed by atoms with Gasteiger partial charge in [-0.2, -0.15) is 9.67 Å². The van der Waals surface area contributed by atoms with Crippen molar-refractivity contribution < 1.29 is 4.39 Å². The van der Waals surface area contributed by atoms with Gasteiger partial charge < -0.3 is 20.9 Å². The lowest BCUT2D eigenvalue weighted by molar-refractivity contribution is 0.207. The Morgan fingerprint density at radius 1 is 0.892 bits per heavy atom. The maximum Gasteiger partial charge on any atom is 0.248 e. The molecule has 37 heavy (non-hydrogen) atoms. The summed E-state index contributed by atoms with van der Waals surface area (Å²) >= 11 is 0. The highest BCUT2D eigenvalue weighted by atomic mass is 19.1. The summed E-state index contributed by atoms with van der Waals surface area (Å²) in [4.78, 5) is 9.01. The summed E-state index contributed by atoms with van der Waals surface area (Å²) in [5.74, 6) is 0.586. The molecule has 0 saturated carbocycles. The third-order valence-electron chi connectivity index (χ3n) is 7.24. The lowest BCUT2D eigenvalue weighted by Gasteiger charge is -2.37. The number of halogens is 1. The number of likely N-dealkylation sites (tertiary alicyclic amines) is 1. The number of piperidine rings is 1. The van der Waals surface area contributed by atoms with E-state index in [1.54, 1.807) is 6.07 Å². The third kappa shape index (κ3) is 4.97. The fraction of sp³-hybridized carbons (Fsp3) is 0.333. The van der Waals surface area contributed by atoms with Crippen LogP contribution in [0.2, 0.25) is 0 Å². The van der Waals surface area contributed by atoms with Gasteiger partial charge in [-0.1, -0.05) is 30.3 Å². The zero-order valence-electron chi connectivity index (χ0n) is 20.6. The number of nitrogens with one attached hydrogen (secondary N) is 1. The number of benzene rings is 2. The first kappa shape index (κ1) is 23.4. The molecule has 190 valence electrons. The van der Waals surface area contributed by atoms with Gasteiger partial charge in [0.25, 0.3) is 0 Å². The maximum absolute atomic E-state index is 15.1. The SMILES string of the molecule is Nc1nc(Nc2ccc(N3CCC(N4CCCC4)CC3)c(F)c2)nn1-c1ccc(-c2ccccc2)nn1. The average molecular weight is 500 g/mol. The number of aromatic nitrogens is 5. The predicted octanol–water partition coefficient (Wildman–Crippen LogP) is 4.25. The van der Waals surface area contributed by atoms with E-state index in [1.165, 1.54) is 36.7 Å². The standard InChI is InChI=1S/C27H30FN9/c28-22-18-20(8-10-24(22)36-16-12-21(13-17-36)35-14-4-5-15-35)30-27-31-26(29)37(34-27)25-11-9-23(32-33-25)19-6-2-1-3-7-19/h1-3,6-11,18,21H,4-5,12-17H2,(H3,29,30,31,34). The summed E-state index contributed by atoms with van der Waals surface area (Å²) in [5, 5.41) is 16.0. The van der Waals surface area contributed by atoms with Crippen LogP contribution in [0.25, 0.3) is 17.1 Å². The summed E-state index contributed by atoms with van der Waals surface area (Å²) < 4.78 is 16.5.